The summed E-state index contributed by atoms with van der Waals surface area (Å²) in [5.74, 6) is 1.07. The van der Waals surface area contributed by atoms with Gasteiger partial charge in [-0.2, -0.15) is 0 Å². The Hall–Kier alpha value is -2.34. The van der Waals surface area contributed by atoms with Crippen molar-refractivity contribution >= 4 is 5.91 Å². The molecule has 126 valence electrons. The third-order valence-corrected chi connectivity index (χ3v) is 4.38. The number of aryl methyl sites for hydroxylation is 2. The molecule has 6 heteroatoms. The summed E-state index contributed by atoms with van der Waals surface area (Å²) in [6.45, 7) is 7.25. The summed E-state index contributed by atoms with van der Waals surface area (Å²) >= 11 is 0. The molecule has 1 amide bonds. The van der Waals surface area contributed by atoms with Crippen molar-refractivity contribution in [3.63, 3.8) is 0 Å². The van der Waals surface area contributed by atoms with Crippen molar-refractivity contribution in [2.24, 2.45) is 5.92 Å². The lowest BCUT2D eigenvalue weighted by Crippen LogP contribution is -2.31. The first-order valence-corrected chi connectivity index (χ1v) is 8.32. The van der Waals surface area contributed by atoms with Gasteiger partial charge >= 0.3 is 0 Å². The predicted octanol–water partition coefficient (Wildman–Crippen LogP) is 1.74. The second-order valence-corrected chi connectivity index (χ2v) is 6.34. The zero-order valence-electron chi connectivity index (χ0n) is 14.2. The van der Waals surface area contributed by atoms with Crippen molar-refractivity contribution in [2.45, 2.75) is 26.8 Å². The lowest BCUT2D eigenvalue weighted by atomic mass is 10.1. The number of rotatable bonds is 5. The number of likely N-dealkylation sites (tertiary alicyclic amines) is 1. The Labute approximate surface area is 142 Å². The second-order valence-electron chi connectivity index (χ2n) is 6.34. The monoisotopic (exact) mass is 325 g/mol. The molecule has 2 aromatic rings. The van der Waals surface area contributed by atoms with E-state index >= 15 is 0 Å². The van der Waals surface area contributed by atoms with Gasteiger partial charge in [0.25, 0.3) is 5.91 Å². The molecule has 3 rings (SSSR count). The van der Waals surface area contributed by atoms with Crippen LogP contribution in [0.5, 0.6) is 0 Å². The number of carbonyl (C=O) groups excluding carboxylic acids is 1. The minimum absolute atomic E-state index is 0.0873. The number of aromatic nitrogens is 3. The molecule has 1 aliphatic heterocycles. The highest BCUT2D eigenvalue weighted by Crippen LogP contribution is 2.17. The van der Waals surface area contributed by atoms with Crippen LogP contribution >= 0.6 is 0 Å². The third-order valence-electron chi connectivity index (χ3n) is 4.38. The van der Waals surface area contributed by atoms with E-state index in [1.54, 1.807) is 6.20 Å². The van der Waals surface area contributed by atoms with E-state index in [4.69, 9.17) is 0 Å². The average molecular weight is 325 g/mol. The number of hydrogen-bond acceptors (Lipinski definition) is 5. The largest absolute Gasteiger partial charge is 0.352 e. The second kappa shape index (κ2) is 7.49. The maximum Gasteiger partial charge on any atom is 0.254 e. The van der Waals surface area contributed by atoms with E-state index in [1.165, 1.54) is 0 Å². The summed E-state index contributed by atoms with van der Waals surface area (Å²) in [5, 5.41) is 3.02. The number of nitrogens with one attached hydrogen (secondary N) is 1. The molecule has 3 heterocycles. The van der Waals surface area contributed by atoms with E-state index in [-0.39, 0.29) is 5.91 Å². The molecule has 0 aromatic carbocycles. The lowest BCUT2D eigenvalue weighted by Gasteiger charge is -2.16. The van der Waals surface area contributed by atoms with Gasteiger partial charge in [0.1, 0.15) is 5.82 Å². The maximum absolute atomic E-state index is 12.3. The summed E-state index contributed by atoms with van der Waals surface area (Å²) in [5.41, 5.74) is 2.38. The van der Waals surface area contributed by atoms with Crippen LogP contribution in [0.25, 0.3) is 0 Å². The number of nitrogens with zero attached hydrogens (tertiary/aromatic N) is 4. The van der Waals surface area contributed by atoms with Crippen LogP contribution in [0, 0.1) is 19.8 Å². The summed E-state index contributed by atoms with van der Waals surface area (Å²) in [4.78, 5) is 27.4. The molecule has 0 saturated carbocycles. The Balaban J connectivity index is 1.48. The lowest BCUT2D eigenvalue weighted by molar-refractivity contribution is 0.0945. The molecule has 0 radical (unpaired) electrons. The highest BCUT2D eigenvalue weighted by molar-refractivity contribution is 5.94. The number of hydrogen-bond donors (Lipinski definition) is 1. The number of pyridine rings is 1. The maximum atomic E-state index is 12.3. The van der Waals surface area contributed by atoms with Crippen LogP contribution in [0.15, 0.2) is 30.6 Å². The fourth-order valence-electron chi connectivity index (χ4n) is 3.08. The molecule has 1 aliphatic rings. The molecule has 1 atom stereocenters. The first-order chi connectivity index (χ1) is 11.6. The Morgan fingerprint density at radius 1 is 1.33 bits per heavy atom. The van der Waals surface area contributed by atoms with Gasteiger partial charge < -0.3 is 5.32 Å². The van der Waals surface area contributed by atoms with Gasteiger partial charge in [-0.15, -0.1) is 0 Å². The van der Waals surface area contributed by atoms with Gasteiger partial charge in [0.05, 0.1) is 17.0 Å². The Bertz CT molecular complexity index is 704. The van der Waals surface area contributed by atoms with Crippen molar-refractivity contribution in [1.82, 2.24) is 25.2 Å². The van der Waals surface area contributed by atoms with E-state index in [2.05, 4.69) is 31.2 Å². The van der Waals surface area contributed by atoms with Gasteiger partial charge in [0, 0.05) is 32.0 Å². The molecule has 0 aliphatic carbocycles. The van der Waals surface area contributed by atoms with Gasteiger partial charge in [-0.05, 0) is 44.9 Å². The minimum Gasteiger partial charge on any atom is -0.352 e. The molecule has 2 aromatic heterocycles. The third kappa shape index (κ3) is 4.14. The first kappa shape index (κ1) is 16.5. The fraction of sp³-hybridized carbons (Fsp3) is 0.444. The molecular formula is C18H23N5O. The molecule has 0 bridgehead atoms. The van der Waals surface area contributed by atoms with Gasteiger partial charge in [-0.3, -0.25) is 14.7 Å². The molecule has 1 fully saturated rings. The van der Waals surface area contributed by atoms with Crippen LogP contribution in [0.2, 0.25) is 0 Å². The molecule has 1 N–H and O–H groups in total. The summed E-state index contributed by atoms with van der Waals surface area (Å²) in [6.07, 6.45) is 4.53. The van der Waals surface area contributed by atoms with E-state index in [9.17, 15) is 4.79 Å². The van der Waals surface area contributed by atoms with Crippen LogP contribution in [0.1, 0.15) is 34.0 Å². The van der Waals surface area contributed by atoms with E-state index in [1.807, 2.05) is 32.2 Å². The number of carbonyl (C=O) groups is 1. The highest BCUT2D eigenvalue weighted by Gasteiger charge is 2.23. The molecule has 1 saturated heterocycles. The normalized spacial score (nSPS) is 17.8. The van der Waals surface area contributed by atoms with Crippen LogP contribution < -0.4 is 5.32 Å². The van der Waals surface area contributed by atoms with Crippen molar-refractivity contribution < 1.29 is 4.79 Å². The van der Waals surface area contributed by atoms with Crippen LogP contribution in [-0.2, 0) is 6.54 Å². The van der Waals surface area contributed by atoms with Crippen molar-refractivity contribution in [3.05, 3.63) is 53.4 Å². The predicted molar refractivity (Wildman–Crippen MR) is 91.5 cm³/mol. The highest BCUT2D eigenvalue weighted by atomic mass is 16.1. The zero-order chi connectivity index (χ0) is 16.9. The zero-order valence-corrected chi connectivity index (χ0v) is 14.2. The van der Waals surface area contributed by atoms with Gasteiger partial charge in [0.2, 0.25) is 0 Å². The van der Waals surface area contributed by atoms with Gasteiger partial charge in [-0.25, -0.2) is 9.97 Å². The molecule has 24 heavy (non-hydrogen) atoms. The van der Waals surface area contributed by atoms with E-state index < -0.39 is 0 Å². The Morgan fingerprint density at radius 2 is 2.21 bits per heavy atom. The molecule has 0 spiro atoms. The van der Waals surface area contributed by atoms with Gasteiger partial charge in [-0.1, -0.05) is 6.07 Å². The summed E-state index contributed by atoms with van der Waals surface area (Å²) < 4.78 is 0. The van der Waals surface area contributed by atoms with Crippen molar-refractivity contribution in [2.75, 3.05) is 19.6 Å². The molecular weight excluding hydrogens is 302 g/mol. The fourth-order valence-corrected chi connectivity index (χ4v) is 3.08. The SMILES string of the molecule is Cc1ncc(C(=O)NC[C@@H]2CCN(Cc3ccccn3)C2)c(C)n1. The van der Waals surface area contributed by atoms with E-state index in [0.717, 1.165) is 37.4 Å². The Morgan fingerprint density at radius 3 is 2.96 bits per heavy atom. The molecule has 0 unspecified atom stereocenters. The van der Waals surface area contributed by atoms with Crippen LogP contribution in [-0.4, -0.2) is 45.4 Å². The number of amides is 1. The topological polar surface area (TPSA) is 71.0 Å². The van der Waals surface area contributed by atoms with Crippen molar-refractivity contribution in [3.8, 4) is 0 Å². The van der Waals surface area contributed by atoms with E-state index in [0.29, 0.717) is 23.9 Å². The quantitative estimate of drug-likeness (QED) is 0.907. The van der Waals surface area contributed by atoms with Crippen LogP contribution in [0.4, 0.5) is 0 Å². The average Bonchev–Trinajstić information content (AvgIpc) is 3.01. The summed E-state index contributed by atoms with van der Waals surface area (Å²) in [6, 6.07) is 6.00. The minimum atomic E-state index is -0.0873. The first-order valence-electron chi connectivity index (χ1n) is 8.32. The summed E-state index contributed by atoms with van der Waals surface area (Å²) in [7, 11) is 0. The van der Waals surface area contributed by atoms with Gasteiger partial charge in [0.15, 0.2) is 0 Å². The smallest absolute Gasteiger partial charge is 0.254 e. The molecule has 6 nitrogen and oxygen atoms in total. The Kier molecular flexibility index (Phi) is 5.15. The standard InChI is InChI=1S/C18H23N5O/c1-13-17(10-20-14(2)22-13)18(24)21-9-15-6-8-23(11-15)12-16-5-3-4-7-19-16/h3-5,7,10,15H,6,8-9,11-12H2,1-2H3,(H,21,24)/t15-/m0/s1. The van der Waals surface area contributed by atoms with Crippen LogP contribution in [0.3, 0.4) is 0 Å². The van der Waals surface area contributed by atoms with Crippen molar-refractivity contribution in [1.29, 1.82) is 0 Å².